The van der Waals surface area contributed by atoms with E-state index in [1.807, 2.05) is 67.2 Å². The third-order valence-electron chi connectivity index (χ3n) is 3.95. The van der Waals surface area contributed by atoms with Gasteiger partial charge in [0.25, 0.3) is 5.91 Å². The first kappa shape index (κ1) is 15.0. The number of aryl methyl sites for hydroxylation is 2. The molecule has 0 saturated heterocycles. The van der Waals surface area contributed by atoms with Crippen LogP contribution < -0.4 is 5.32 Å². The molecule has 4 heteroatoms. The van der Waals surface area contributed by atoms with Crippen LogP contribution in [-0.2, 0) is 13.6 Å². The van der Waals surface area contributed by atoms with Gasteiger partial charge in [0.15, 0.2) is 0 Å². The van der Waals surface area contributed by atoms with Gasteiger partial charge in [-0.15, -0.1) is 0 Å². The lowest BCUT2D eigenvalue weighted by Gasteiger charge is -2.08. The Morgan fingerprint density at radius 3 is 2.61 bits per heavy atom. The molecular weight excluding hydrogens is 286 g/mol. The van der Waals surface area contributed by atoms with Crippen molar-refractivity contribution >= 4 is 5.91 Å². The maximum absolute atomic E-state index is 12.5. The Morgan fingerprint density at radius 2 is 1.87 bits per heavy atom. The number of rotatable bonds is 4. The van der Waals surface area contributed by atoms with Gasteiger partial charge in [-0.3, -0.25) is 9.78 Å². The van der Waals surface area contributed by atoms with E-state index >= 15 is 0 Å². The lowest BCUT2D eigenvalue weighted by molar-refractivity contribution is 0.0943. The van der Waals surface area contributed by atoms with Crippen molar-refractivity contribution in [2.75, 3.05) is 0 Å². The molecule has 1 N–H and O–H groups in total. The Bertz CT molecular complexity index is 822. The minimum Gasteiger partial charge on any atom is -0.347 e. The first-order valence-electron chi connectivity index (χ1n) is 7.54. The zero-order chi connectivity index (χ0) is 16.2. The van der Waals surface area contributed by atoms with Crippen molar-refractivity contribution in [3.63, 3.8) is 0 Å². The molecule has 0 unspecified atom stereocenters. The highest BCUT2D eigenvalue weighted by Gasteiger charge is 2.12. The summed E-state index contributed by atoms with van der Waals surface area (Å²) in [5, 5.41) is 2.99. The molecule has 1 aromatic carbocycles. The summed E-state index contributed by atoms with van der Waals surface area (Å²) in [6.07, 6.45) is 5.46. The van der Waals surface area contributed by atoms with Crippen molar-refractivity contribution in [2.24, 2.45) is 7.05 Å². The molecule has 2 heterocycles. The van der Waals surface area contributed by atoms with Gasteiger partial charge in [0.05, 0.1) is 0 Å². The van der Waals surface area contributed by atoms with Gasteiger partial charge in [0.1, 0.15) is 5.69 Å². The van der Waals surface area contributed by atoms with Gasteiger partial charge in [-0.25, -0.2) is 0 Å². The monoisotopic (exact) mass is 305 g/mol. The standard InChI is InChI=1S/C19H19N3O/c1-14-5-3-4-6-16(14)12-21-19(23)18-11-17(13-22(18)2)15-7-9-20-10-8-15/h3-11,13H,12H2,1-2H3,(H,21,23). The van der Waals surface area contributed by atoms with Crippen LogP contribution in [0.3, 0.4) is 0 Å². The molecule has 0 spiro atoms. The molecule has 0 saturated carbocycles. The molecular formula is C19H19N3O. The first-order valence-corrected chi connectivity index (χ1v) is 7.54. The fraction of sp³-hybridized carbons (Fsp3) is 0.158. The Kier molecular flexibility index (Phi) is 4.24. The SMILES string of the molecule is Cc1ccccc1CNC(=O)c1cc(-c2ccncc2)cn1C. The number of hydrogen-bond donors (Lipinski definition) is 1. The molecule has 0 fully saturated rings. The zero-order valence-electron chi connectivity index (χ0n) is 13.3. The average molecular weight is 305 g/mol. The van der Waals surface area contributed by atoms with Gasteiger partial charge >= 0.3 is 0 Å². The number of benzene rings is 1. The minimum atomic E-state index is -0.0731. The van der Waals surface area contributed by atoms with E-state index in [0.29, 0.717) is 12.2 Å². The predicted octanol–water partition coefficient (Wildman–Crippen LogP) is 3.33. The van der Waals surface area contributed by atoms with Crippen molar-refractivity contribution in [3.8, 4) is 11.1 Å². The maximum atomic E-state index is 12.5. The second kappa shape index (κ2) is 6.48. The summed E-state index contributed by atoms with van der Waals surface area (Å²) in [7, 11) is 1.88. The van der Waals surface area contributed by atoms with E-state index in [0.717, 1.165) is 16.7 Å². The zero-order valence-corrected chi connectivity index (χ0v) is 13.3. The van der Waals surface area contributed by atoms with Gasteiger partial charge < -0.3 is 9.88 Å². The molecule has 116 valence electrons. The molecule has 0 aliphatic carbocycles. The Labute approximate surface area is 135 Å². The maximum Gasteiger partial charge on any atom is 0.268 e. The van der Waals surface area contributed by atoms with E-state index in [4.69, 9.17) is 0 Å². The molecule has 4 nitrogen and oxygen atoms in total. The number of hydrogen-bond acceptors (Lipinski definition) is 2. The summed E-state index contributed by atoms with van der Waals surface area (Å²) in [5.41, 5.74) is 5.01. The van der Waals surface area contributed by atoms with Crippen LogP contribution in [0.1, 0.15) is 21.6 Å². The lowest BCUT2D eigenvalue weighted by Crippen LogP contribution is -2.25. The Hall–Kier alpha value is -2.88. The molecule has 0 radical (unpaired) electrons. The minimum absolute atomic E-state index is 0.0731. The van der Waals surface area contributed by atoms with Crippen LogP contribution in [-0.4, -0.2) is 15.5 Å². The Morgan fingerprint density at radius 1 is 1.13 bits per heavy atom. The molecule has 3 rings (SSSR count). The van der Waals surface area contributed by atoms with Crippen LogP contribution in [0.15, 0.2) is 61.1 Å². The third-order valence-corrected chi connectivity index (χ3v) is 3.95. The number of nitrogens with one attached hydrogen (secondary N) is 1. The van der Waals surface area contributed by atoms with E-state index in [2.05, 4.69) is 10.3 Å². The van der Waals surface area contributed by atoms with Gasteiger partial charge in [0, 0.05) is 37.7 Å². The summed E-state index contributed by atoms with van der Waals surface area (Å²) in [6, 6.07) is 13.8. The van der Waals surface area contributed by atoms with Crippen LogP contribution in [0.5, 0.6) is 0 Å². The first-order chi connectivity index (χ1) is 11.1. The second-order valence-corrected chi connectivity index (χ2v) is 5.57. The normalized spacial score (nSPS) is 10.5. The van der Waals surface area contributed by atoms with E-state index in [1.165, 1.54) is 5.56 Å². The predicted molar refractivity (Wildman–Crippen MR) is 91.0 cm³/mol. The van der Waals surface area contributed by atoms with Gasteiger partial charge in [-0.1, -0.05) is 24.3 Å². The van der Waals surface area contributed by atoms with Crippen LogP contribution in [0.4, 0.5) is 0 Å². The van der Waals surface area contributed by atoms with Crippen LogP contribution in [0.25, 0.3) is 11.1 Å². The molecule has 0 bridgehead atoms. The molecule has 2 aromatic heterocycles. The average Bonchev–Trinajstić information content (AvgIpc) is 2.97. The van der Waals surface area contributed by atoms with Gasteiger partial charge in [0.2, 0.25) is 0 Å². The molecule has 3 aromatic rings. The Balaban J connectivity index is 1.75. The van der Waals surface area contributed by atoms with Crippen molar-refractivity contribution in [2.45, 2.75) is 13.5 Å². The topological polar surface area (TPSA) is 46.9 Å². The van der Waals surface area contributed by atoms with Gasteiger partial charge in [-0.05, 0) is 41.8 Å². The highest BCUT2D eigenvalue weighted by Crippen LogP contribution is 2.21. The number of pyridine rings is 1. The number of nitrogens with zero attached hydrogens (tertiary/aromatic N) is 2. The molecule has 0 atom stereocenters. The smallest absolute Gasteiger partial charge is 0.268 e. The highest BCUT2D eigenvalue weighted by molar-refractivity contribution is 5.94. The van der Waals surface area contributed by atoms with Crippen LogP contribution in [0.2, 0.25) is 0 Å². The number of carbonyl (C=O) groups is 1. The number of carbonyl (C=O) groups excluding carboxylic acids is 1. The summed E-state index contributed by atoms with van der Waals surface area (Å²) < 4.78 is 1.85. The highest BCUT2D eigenvalue weighted by atomic mass is 16.1. The lowest BCUT2D eigenvalue weighted by atomic mass is 10.1. The van der Waals surface area contributed by atoms with E-state index in [9.17, 15) is 4.79 Å². The molecule has 0 aliphatic heterocycles. The van der Waals surface area contributed by atoms with Crippen molar-refractivity contribution < 1.29 is 4.79 Å². The number of aromatic nitrogens is 2. The molecule has 1 amide bonds. The van der Waals surface area contributed by atoms with Crippen LogP contribution in [0, 0.1) is 6.92 Å². The van der Waals surface area contributed by atoms with E-state index < -0.39 is 0 Å². The van der Waals surface area contributed by atoms with E-state index in [1.54, 1.807) is 12.4 Å². The van der Waals surface area contributed by atoms with Gasteiger partial charge in [-0.2, -0.15) is 0 Å². The molecule has 23 heavy (non-hydrogen) atoms. The number of amides is 1. The van der Waals surface area contributed by atoms with Crippen molar-refractivity contribution in [1.82, 2.24) is 14.9 Å². The quantitative estimate of drug-likeness (QED) is 0.803. The summed E-state index contributed by atoms with van der Waals surface area (Å²) >= 11 is 0. The summed E-state index contributed by atoms with van der Waals surface area (Å²) in [5.74, 6) is -0.0731. The fourth-order valence-electron chi connectivity index (χ4n) is 2.57. The van der Waals surface area contributed by atoms with E-state index in [-0.39, 0.29) is 5.91 Å². The second-order valence-electron chi connectivity index (χ2n) is 5.57. The summed E-state index contributed by atoms with van der Waals surface area (Å²) in [6.45, 7) is 2.58. The third kappa shape index (κ3) is 3.31. The van der Waals surface area contributed by atoms with Crippen molar-refractivity contribution in [3.05, 3.63) is 77.9 Å². The summed E-state index contributed by atoms with van der Waals surface area (Å²) in [4.78, 5) is 16.5. The fourth-order valence-corrected chi connectivity index (χ4v) is 2.57. The van der Waals surface area contributed by atoms with Crippen molar-refractivity contribution in [1.29, 1.82) is 0 Å². The van der Waals surface area contributed by atoms with Crippen LogP contribution >= 0.6 is 0 Å². The molecule has 0 aliphatic rings. The largest absolute Gasteiger partial charge is 0.347 e.